The minimum Gasteiger partial charge on any atom is -0.362 e. The van der Waals surface area contributed by atoms with Crippen molar-refractivity contribution in [3.63, 3.8) is 0 Å². The monoisotopic (exact) mass is 518 g/mol. The number of piperidine rings is 1. The van der Waals surface area contributed by atoms with E-state index in [9.17, 15) is 14.7 Å². The highest BCUT2D eigenvalue weighted by Crippen LogP contribution is 2.49. The summed E-state index contributed by atoms with van der Waals surface area (Å²) in [6, 6.07) is 16.6. The number of benzene rings is 2. The molecule has 2 N–H and O–H groups in total. The molecule has 0 aromatic heterocycles. The molecule has 0 spiro atoms. The van der Waals surface area contributed by atoms with E-state index in [1.54, 1.807) is 13.1 Å². The summed E-state index contributed by atoms with van der Waals surface area (Å²) in [7, 11) is 1.68. The minimum atomic E-state index is -0.880. The van der Waals surface area contributed by atoms with E-state index in [1.807, 2.05) is 29.2 Å². The summed E-state index contributed by atoms with van der Waals surface area (Å²) in [6.45, 7) is 2.63. The van der Waals surface area contributed by atoms with E-state index in [1.165, 1.54) is 16.5 Å². The zero-order valence-electron chi connectivity index (χ0n) is 21.5. The van der Waals surface area contributed by atoms with Crippen molar-refractivity contribution in [2.24, 2.45) is 5.92 Å². The molecule has 6 rings (SSSR count). The molecule has 3 fully saturated rings. The summed E-state index contributed by atoms with van der Waals surface area (Å²) in [5, 5.41) is 10.7. The van der Waals surface area contributed by atoms with Crippen LogP contribution in [0.15, 0.2) is 54.6 Å². The molecule has 2 bridgehead atoms. The summed E-state index contributed by atoms with van der Waals surface area (Å²) in [5.74, 6) is -0.382. The number of aliphatic hydroxyl groups is 1. The molecule has 2 aromatic rings. The Morgan fingerprint density at radius 3 is 2.76 bits per heavy atom. The Hall–Kier alpha value is -3.24. The first-order valence-corrected chi connectivity index (χ1v) is 13.4. The molecule has 2 aromatic carbocycles. The standard InChI is InChI=1S/C29H34N4O5/c1-31-28(35)22-17-32(29(31)36)18-24-27(22)21-6-2-3-7-23(21)33(24)16-20-11-9-19(10-12-20)13-14-25(34)30-38-26-8-4-5-15-37-26/h2-3,6-7,9-14,22,24,26-27,29,36H,4-5,8,15-18H2,1H3,(H,30,34)/b14-13+. The predicted molar refractivity (Wildman–Crippen MR) is 141 cm³/mol. The van der Waals surface area contributed by atoms with Gasteiger partial charge >= 0.3 is 0 Å². The van der Waals surface area contributed by atoms with Gasteiger partial charge in [-0.25, -0.2) is 10.3 Å². The van der Waals surface area contributed by atoms with Gasteiger partial charge in [-0.05, 0) is 41.7 Å². The summed E-state index contributed by atoms with van der Waals surface area (Å²) in [5.41, 5.74) is 6.85. The number of amides is 2. The SMILES string of the molecule is CN1C(=O)C2CN(CC3C2c2ccccc2N3Cc2ccc(/C=C/C(=O)NOC3CCCCO3)cc2)C1O. The van der Waals surface area contributed by atoms with E-state index in [0.717, 1.165) is 36.1 Å². The van der Waals surface area contributed by atoms with Crippen molar-refractivity contribution in [2.45, 2.75) is 50.4 Å². The molecular weight excluding hydrogens is 484 g/mol. The molecule has 9 nitrogen and oxygen atoms in total. The van der Waals surface area contributed by atoms with Crippen LogP contribution in [0.25, 0.3) is 6.08 Å². The van der Waals surface area contributed by atoms with E-state index in [2.05, 4.69) is 34.6 Å². The van der Waals surface area contributed by atoms with Crippen LogP contribution in [-0.2, 0) is 25.7 Å². The van der Waals surface area contributed by atoms with Gasteiger partial charge in [0.05, 0.1) is 5.92 Å². The Kier molecular flexibility index (Phi) is 6.92. The fourth-order valence-corrected chi connectivity index (χ4v) is 6.30. The molecule has 9 heteroatoms. The zero-order chi connectivity index (χ0) is 26.2. The van der Waals surface area contributed by atoms with Crippen molar-refractivity contribution in [2.75, 3.05) is 31.6 Å². The lowest BCUT2D eigenvalue weighted by Gasteiger charge is -2.51. The molecule has 4 heterocycles. The predicted octanol–water partition coefficient (Wildman–Crippen LogP) is 2.43. The normalized spacial score (nSPS) is 30.3. The first kappa shape index (κ1) is 25.1. The van der Waals surface area contributed by atoms with Crippen LogP contribution < -0.4 is 10.4 Å². The van der Waals surface area contributed by atoms with Gasteiger partial charge in [-0.1, -0.05) is 42.5 Å². The van der Waals surface area contributed by atoms with Gasteiger partial charge in [0, 0.05) is 63.4 Å². The van der Waals surface area contributed by atoms with Gasteiger partial charge < -0.3 is 19.6 Å². The molecule has 4 aliphatic heterocycles. The lowest BCUT2D eigenvalue weighted by atomic mass is 9.77. The van der Waals surface area contributed by atoms with Crippen LogP contribution in [0.4, 0.5) is 5.69 Å². The molecule has 0 saturated carbocycles. The quantitative estimate of drug-likeness (QED) is 0.448. The van der Waals surface area contributed by atoms with Gasteiger partial charge in [0.15, 0.2) is 12.6 Å². The summed E-state index contributed by atoms with van der Waals surface area (Å²) >= 11 is 0. The molecule has 200 valence electrons. The maximum Gasteiger partial charge on any atom is 0.267 e. The summed E-state index contributed by atoms with van der Waals surface area (Å²) in [6.07, 6.45) is 4.78. The van der Waals surface area contributed by atoms with Gasteiger partial charge in [0.25, 0.3) is 5.91 Å². The number of carbonyl (C=O) groups excluding carboxylic acids is 2. The topological polar surface area (TPSA) is 94.6 Å². The minimum absolute atomic E-state index is 0.0111. The van der Waals surface area contributed by atoms with Gasteiger partial charge in [-0.2, -0.15) is 0 Å². The molecule has 6 unspecified atom stereocenters. The van der Waals surface area contributed by atoms with Crippen LogP contribution in [0.3, 0.4) is 0 Å². The van der Waals surface area contributed by atoms with Gasteiger partial charge in [0.2, 0.25) is 5.91 Å². The fourth-order valence-electron chi connectivity index (χ4n) is 6.30. The highest BCUT2D eigenvalue weighted by atomic mass is 16.8. The van der Waals surface area contributed by atoms with E-state index in [0.29, 0.717) is 26.2 Å². The Morgan fingerprint density at radius 1 is 1.16 bits per heavy atom. The molecule has 0 radical (unpaired) electrons. The van der Waals surface area contributed by atoms with Gasteiger partial charge in [-0.15, -0.1) is 0 Å². The van der Waals surface area contributed by atoms with Crippen LogP contribution in [0, 0.1) is 5.92 Å². The first-order chi connectivity index (χ1) is 18.5. The summed E-state index contributed by atoms with van der Waals surface area (Å²) < 4.78 is 5.45. The van der Waals surface area contributed by atoms with E-state index < -0.39 is 6.35 Å². The number of nitrogens with one attached hydrogen (secondary N) is 1. The number of para-hydroxylation sites is 1. The van der Waals surface area contributed by atoms with E-state index >= 15 is 0 Å². The number of nitrogens with zero attached hydrogens (tertiary/aromatic N) is 3. The number of hydrogen-bond donors (Lipinski definition) is 2. The lowest BCUT2D eigenvalue weighted by molar-refractivity contribution is -0.198. The van der Waals surface area contributed by atoms with Crippen LogP contribution in [0.5, 0.6) is 0 Å². The van der Waals surface area contributed by atoms with Crippen molar-refractivity contribution in [1.29, 1.82) is 0 Å². The largest absolute Gasteiger partial charge is 0.362 e. The number of carbonyl (C=O) groups is 2. The highest BCUT2D eigenvalue weighted by Gasteiger charge is 2.54. The number of hydrogen-bond acceptors (Lipinski definition) is 7. The Bertz CT molecular complexity index is 1210. The van der Waals surface area contributed by atoms with Crippen molar-refractivity contribution in [1.82, 2.24) is 15.3 Å². The third-order valence-corrected chi connectivity index (χ3v) is 8.23. The second kappa shape index (κ2) is 10.5. The van der Waals surface area contributed by atoms with Gasteiger partial charge in [0.1, 0.15) is 0 Å². The number of fused-ring (bicyclic) bond motifs is 6. The second-order valence-corrected chi connectivity index (χ2v) is 10.6. The van der Waals surface area contributed by atoms with Crippen molar-refractivity contribution < 1.29 is 24.3 Å². The third kappa shape index (κ3) is 4.71. The maximum absolute atomic E-state index is 13.1. The van der Waals surface area contributed by atoms with Crippen LogP contribution in [0.1, 0.15) is 41.9 Å². The van der Waals surface area contributed by atoms with Crippen LogP contribution >= 0.6 is 0 Å². The maximum atomic E-state index is 13.1. The molecule has 38 heavy (non-hydrogen) atoms. The lowest BCUT2D eigenvalue weighted by Crippen LogP contribution is -2.66. The number of anilines is 1. The van der Waals surface area contributed by atoms with Crippen molar-refractivity contribution >= 4 is 23.6 Å². The smallest absolute Gasteiger partial charge is 0.267 e. The number of rotatable bonds is 6. The first-order valence-electron chi connectivity index (χ1n) is 13.4. The molecule has 6 atom stereocenters. The number of hydroxylamine groups is 1. The van der Waals surface area contributed by atoms with Crippen LogP contribution in [-0.4, -0.2) is 72.1 Å². The van der Waals surface area contributed by atoms with Crippen molar-refractivity contribution in [3.8, 4) is 0 Å². The average molecular weight is 519 g/mol. The van der Waals surface area contributed by atoms with Crippen molar-refractivity contribution in [3.05, 3.63) is 71.3 Å². The second-order valence-electron chi connectivity index (χ2n) is 10.6. The molecule has 3 saturated heterocycles. The molecule has 0 aliphatic carbocycles. The summed E-state index contributed by atoms with van der Waals surface area (Å²) in [4.78, 5) is 36.4. The van der Waals surface area contributed by atoms with E-state index in [-0.39, 0.29) is 36.0 Å². The average Bonchev–Trinajstić information content (AvgIpc) is 3.27. The zero-order valence-corrected chi connectivity index (χ0v) is 21.5. The molecular formula is C29H34N4O5. The Balaban J connectivity index is 1.13. The van der Waals surface area contributed by atoms with Gasteiger partial charge in [-0.3, -0.25) is 14.5 Å². The molecule has 2 amide bonds. The third-order valence-electron chi connectivity index (χ3n) is 8.23. The Morgan fingerprint density at radius 2 is 1.97 bits per heavy atom. The highest BCUT2D eigenvalue weighted by molar-refractivity contribution is 5.91. The Labute approximate surface area is 222 Å². The number of aliphatic hydroxyl groups excluding tert-OH is 1. The number of ether oxygens (including phenoxy) is 1. The van der Waals surface area contributed by atoms with E-state index in [4.69, 9.17) is 9.57 Å². The fraction of sp³-hybridized carbons (Fsp3) is 0.448. The van der Waals surface area contributed by atoms with Crippen LogP contribution in [0.2, 0.25) is 0 Å². The molecule has 4 aliphatic rings.